The number of ether oxygens (including phenoxy) is 1. The van der Waals surface area contributed by atoms with Crippen molar-refractivity contribution in [2.45, 2.75) is 115 Å². The van der Waals surface area contributed by atoms with Gasteiger partial charge in [-0.3, -0.25) is 33.6 Å². The Balaban J connectivity index is 0.641. The van der Waals surface area contributed by atoms with Crippen molar-refractivity contribution < 1.29 is 19.1 Å². The van der Waals surface area contributed by atoms with Gasteiger partial charge in [0.25, 0.3) is 11.5 Å². The van der Waals surface area contributed by atoms with E-state index in [0.717, 1.165) is 151 Å². The molecule has 0 bridgehead atoms. The van der Waals surface area contributed by atoms with Crippen LogP contribution in [0.3, 0.4) is 0 Å². The fourth-order valence-corrected chi connectivity index (χ4v) is 11.4. The van der Waals surface area contributed by atoms with Gasteiger partial charge in [-0.25, -0.2) is 9.97 Å². The van der Waals surface area contributed by atoms with Crippen molar-refractivity contribution >= 4 is 40.0 Å². The molecule has 5 fully saturated rings. The number of nitrogens with one attached hydrogen (secondary N) is 1. The summed E-state index contributed by atoms with van der Waals surface area (Å²) in [6.07, 6.45) is 14.2. The van der Waals surface area contributed by atoms with Gasteiger partial charge in [0.2, 0.25) is 5.91 Å². The lowest BCUT2D eigenvalue weighted by Crippen LogP contribution is -2.49. The number of fused-ring (bicyclic) bond motifs is 2. The van der Waals surface area contributed by atoms with Crippen LogP contribution in [0.1, 0.15) is 121 Å². The monoisotopic (exact) mass is 897 g/mol. The summed E-state index contributed by atoms with van der Waals surface area (Å²) in [6, 6.07) is 9.98. The number of Topliss-reactive ketones (excluding diaryl/α,β-unsaturated/α-hetero) is 1. The molecule has 5 aliphatic heterocycles. The molecule has 2 amide bonds. The van der Waals surface area contributed by atoms with Gasteiger partial charge in [0.15, 0.2) is 5.78 Å². The van der Waals surface area contributed by atoms with Crippen molar-refractivity contribution in [2.24, 2.45) is 0 Å². The summed E-state index contributed by atoms with van der Waals surface area (Å²) >= 11 is 0. The predicted octanol–water partition coefficient (Wildman–Crippen LogP) is 5.42. The van der Waals surface area contributed by atoms with Crippen molar-refractivity contribution in [3.8, 4) is 0 Å². The van der Waals surface area contributed by atoms with E-state index in [1.54, 1.807) is 15.7 Å². The van der Waals surface area contributed by atoms with E-state index in [9.17, 15) is 19.2 Å². The number of amides is 2. The molecule has 1 saturated carbocycles. The smallest absolute Gasteiger partial charge is 0.263 e. The molecule has 1 unspecified atom stereocenters. The Hall–Kier alpha value is -5.51. The first kappa shape index (κ1) is 44.3. The number of aromatic nitrogens is 4. The van der Waals surface area contributed by atoms with E-state index in [1.165, 1.54) is 6.92 Å². The maximum Gasteiger partial charge on any atom is 0.263 e. The van der Waals surface area contributed by atoms with Gasteiger partial charge >= 0.3 is 0 Å². The van der Waals surface area contributed by atoms with Crippen molar-refractivity contribution in [1.82, 2.24) is 39.5 Å². The number of benzene rings is 1. The first-order chi connectivity index (χ1) is 32.1. The number of allylic oxidation sites excluding steroid dienone is 1. The van der Waals surface area contributed by atoms with Gasteiger partial charge in [0.1, 0.15) is 17.5 Å². The van der Waals surface area contributed by atoms with E-state index >= 15 is 0 Å². The molecule has 10 rings (SSSR count). The van der Waals surface area contributed by atoms with Crippen LogP contribution in [0.15, 0.2) is 59.8 Å². The first-order valence-corrected chi connectivity index (χ1v) is 24.5. The maximum atomic E-state index is 13.6. The second kappa shape index (κ2) is 19.0. The van der Waals surface area contributed by atoms with E-state index in [2.05, 4.69) is 60.7 Å². The second-order valence-corrected chi connectivity index (χ2v) is 19.5. The third-order valence-electron chi connectivity index (χ3n) is 15.3. The molecule has 8 heterocycles. The van der Waals surface area contributed by atoms with Crippen LogP contribution in [0, 0.1) is 6.92 Å². The molecule has 348 valence electrons. The lowest BCUT2D eigenvalue weighted by Gasteiger charge is -2.39. The Bertz CT molecular complexity index is 2550. The van der Waals surface area contributed by atoms with Crippen LogP contribution >= 0.6 is 0 Å². The Labute approximate surface area is 387 Å². The summed E-state index contributed by atoms with van der Waals surface area (Å²) in [7, 11) is 0. The molecule has 3 aromatic heterocycles. The largest absolute Gasteiger partial charge is 0.375 e. The molecule has 1 aliphatic carbocycles. The minimum Gasteiger partial charge on any atom is -0.375 e. The lowest BCUT2D eigenvalue weighted by atomic mass is 10.0. The quantitative estimate of drug-likeness (QED) is 0.181. The SMILES string of the molecule is C=C1CCC(N2Cc3cc(N4CCC(OC5CCN(CCN6CCN(c7ccc(Cc8ncc9c(C)c(C(C)=O)c(=O)n(C%10CCCC%10)c9n8)nc7)CC6)CC5)CC4)ccc3C2=O)C(=O)N1. The number of aryl methyl sites for hydroxylation is 1. The number of nitrogens with zero attached hydrogens (tertiary/aromatic N) is 9. The standard InChI is InChI=1S/C51H64N10O5/c1-33-8-13-45(49(63)54-33)60-32-36-28-39(11-12-43(36)50(60)64)58-20-16-42(17-21-58)66-41-14-18-56(19-15-41)22-23-57-24-26-59(27-25-57)40-10-9-37(52-30-40)29-46-53-31-44-34(2)47(35(3)62)51(65)61(48(44)55-46)38-6-4-5-7-38/h9-12,28,30-31,38,41-42,45H,1,4-8,13-27,29,32H2,2-3H3,(H,54,63). The number of likely N-dealkylation sites (tertiary alicyclic amines) is 1. The van der Waals surface area contributed by atoms with Crippen LogP contribution in [0.4, 0.5) is 11.4 Å². The van der Waals surface area contributed by atoms with Crippen LogP contribution in [0.5, 0.6) is 0 Å². The summed E-state index contributed by atoms with van der Waals surface area (Å²) in [4.78, 5) is 78.1. The van der Waals surface area contributed by atoms with Crippen LogP contribution < -0.4 is 20.7 Å². The third-order valence-corrected chi connectivity index (χ3v) is 15.3. The lowest BCUT2D eigenvalue weighted by molar-refractivity contribution is -0.126. The van der Waals surface area contributed by atoms with Crippen LogP contribution in [-0.2, 0) is 22.5 Å². The van der Waals surface area contributed by atoms with E-state index in [-0.39, 0.29) is 40.9 Å². The molecular formula is C51H64N10O5. The van der Waals surface area contributed by atoms with Gasteiger partial charge in [0, 0.05) is 112 Å². The number of anilines is 2. The van der Waals surface area contributed by atoms with Crippen molar-refractivity contribution in [3.63, 3.8) is 0 Å². The van der Waals surface area contributed by atoms with E-state index in [0.29, 0.717) is 54.5 Å². The molecule has 15 heteroatoms. The first-order valence-electron chi connectivity index (χ1n) is 24.5. The van der Waals surface area contributed by atoms with Crippen molar-refractivity contribution in [3.05, 3.63) is 99.1 Å². The Kier molecular flexibility index (Phi) is 12.8. The number of carbonyl (C=O) groups excluding carboxylic acids is 3. The number of piperazine rings is 1. The number of hydrogen-bond acceptors (Lipinski definition) is 12. The number of pyridine rings is 2. The zero-order chi connectivity index (χ0) is 45.5. The number of rotatable bonds is 12. The third kappa shape index (κ3) is 9.13. The molecule has 66 heavy (non-hydrogen) atoms. The minimum atomic E-state index is -0.439. The Morgan fingerprint density at radius 2 is 1.48 bits per heavy atom. The molecule has 1 aromatic carbocycles. The van der Waals surface area contributed by atoms with Gasteiger partial charge in [0.05, 0.1) is 36.1 Å². The summed E-state index contributed by atoms with van der Waals surface area (Å²) in [5.74, 6) is 0.221. The Morgan fingerprint density at radius 3 is 2.17 bits per heavy atom. The highest BCUT2D eigenvalue weighted by Gasteiger charge is 2.39. The number of carbonyl (C=O) groups is 3. The van der Waals surface area contributed by atoms with E-state index < -0.39 is 6.04 Å². The normalized spacial score (nSPS) is 21.9. The van der Waals surface area contributed by atoms with Gasteiger partial charge in [-0.2, -0.15) is 0 Å². The average molecular weight is 897 g/mol. The van der Waals surface area contributed by atoms with Crippen LogP contribution in [0.2, 0.25) is 0 Å². The van der Waals surface area contributed by atoms with Gasteiger partial charge < -0.3 is 29.7 Å². The van der Waals surface area contributed by atoms with Gasteiger partial charge in [-0.05, 0) is 107 Å². The summed E-state index contributed by atoms with van der Waals surface area (Å²) < 4.78 is 8.47. The van der Waals surface area contributed by atoms with Crippen LogP contribution in [-0.4, -0.2) is 136 Å². The van der Waals surface area contributed by atoms with Crippen molar-refractivity contribution in [1.29, 1.82) is 0 Å². The zero-order valence-corrected chi connectivity index (χ0v) is 38.7. The second-order valence-electron chi connectivity index (χ2n) is 19.5. The molecule has 4 aromatic rings. The van der Waals surface area contributed by atoms with Crippen molar-refractivity contribution in [2.75, 3.05) is 75.2 Å². The average Bonchev–Trinajstić information content (AvgIpc) is 3.97. The van der Waals surface area contributed by atoms with E-state index in [4.69, 9.17) is 14.7 Å². The van der Waals surface area contributed by atoms with E-state index in [1.807, 2.05) is 19.2 Å². The highest BCUT2D eigenvalue weighted by Crippen LogP contribution is 2.34. The molecule has 1 atom stereocenters. The maximum absolute atomic E-state index is 13.6. The highest BCUT2D eigenvalue weighted by molar-refractivity contribution is 6.02. The molecule has 0 spiro atoms. The highest BCUT2D eigenvalue weighted by atomic mass is 16.5. The molecule has 6 aliphatic rings. The molecular weight excluding hydrogens is 833 g/mol. The van der Waals surface area contributed by atoms with Crippen LogP contribution in [0.25, 0.3) is 11.0 Å². The predicted molar refractivity (Wildman–Crippen MR) is 254 cm³/mol. The minimum absolute atomic E-state index is 0.0513. The number of hydrogen-bond donors (Lipinski definition) is 1. The molecule has 15 nitrogen and oxygen atoms in total. The fourth-order valence-electron chi connectivity index (χ4n) is 11.4. The number of piperidine rings is 3. The number of ketones is 1. The molecule has 4 saturated heterocycles. The Morgan fingerprint density at radius 1 is 0.803 bits per heavy atom. The zero-order valence-electron chi connectivity index (χ0n) is 38.7. The molecule has 1 N–H and O–H groups in total. The summed E-state index contributed by atoms with van der Waals surface area (Å²) in [5.41, 5.74) is 6.89. The molecule has 0 radical (unpaired) electrons. The summed E-state index contributed by atoms with van der Waals surface area (Å²) in [6.45, 7) is 17.8. The van der Waals surface area contributed by atoms with Gasteiger partial charge in [-0.1, -0.05) is 19.4 Å². The van der Waals surface area contributed by atoms with Gasteiger partial charge in [-0.15, -0.1) is 0 Å². The fraction of sp³-hybridized carbons (Fsp3) is 0.549. The topological polar surface area (TPSA) is 149 Å². The summed E-state index contributed by atoms with van der Waals surface area (Å²) in [5, 5.41) is 3.59.